The highest BCUT2D eigenvalue weighted by Crippen LogP contribution is 2.17. The zero-order chi connectivity index (χ0) is 14.3. The number of thiazole rings is 1. The Labute approximate surface area is 128 Å². The van der Waals surface area contributed by atoms with Crippen LogP contribution in [0.15, 0.2) is 66.9 Å². The highest BCUT2D eigenvalue weighted by molar-refractivity contribution is 7.11. The Balaban J connectivity index is 1.52. The minimum atomic E-state index is 0.764. The van der Waals surface area contributed by atoms with Crippen molar-refractivity contribution in [2.75, 3.05) is 10.6 Å². The molecule has 3 rings (SSSR count). The highest BCUT2D eigenvalue weighted by atomic mass is 32.1. The van der Waals surface area contributed by atoms with Crippen molar-refractivity contribution in [1.29, 1.82) is 0 Å². The van der Waals surface area contributed by atoms with E-state index in [-0.39, 0.29) is 0 Å². The van der Waals surface area contributed by atoms with Crippen LogP contribution in [0.25, 0.3) is 0 Å². The number of benzene rings is 2. The molecule has 0 aliphatic carbocycles. The Morgan fingerprint density at radius 2 is 1.33 bits per heavy atom. The molecule has 0 atom stereocenters. The second-order valence-corrected chi connectivity index (χ2v) is 5.86. The van der Waals surface area contributed by atoms with E-state index < -0.39 is 0 Å². The second-order valence-electron chi connectivity index (χ2n) is 4.66. The number of nitrogens with zero attached hydrogens (tertiary/aromatic N) is 1. The molecule has 0 fully saturated rings. The summed E-state index contributed by atoms with van der Waals surface area (Å²) in [4.78, 5) is 5.70. The SMILES string of the molecule is c1ccc(NCc2cnc(CNc3ccccc3)s2)cc1. The highest BCUT2D eigenvalue weighted by Gasteiger charge is 2.02. The second kappa shape index (κ2) is 6.90. The predicted octanol–water partition coefficient (Wildman–Crippen LogP) is 4.37. The fourth-order valence-corrected chi connectivity index (χ4v) is 2.79. The minimum Gasteiger partial charge on any atom is -0.380 e. The summed E-state index contributed by atoms with van der Waals surface area (Å²) in [6.07, 6.45) is 1.95. The Kier molecular flexibility index (Phi) is 4.49. The molecule has 0 saturated heterocycles. The fourth-order valence-electron chi connectivity index (χ4n) is 1.99. The van der Waals surface area contributed by atoms with Crippen LogP contribution in [0.1, 0.15) is 9.88 Å². The van der Waals surface area contributed by atoms with Crippen LogP contribution in [0.3, 0.4) is 0 Å². The van der Waals surface area contributed by atoms with Gasteiger partial charge in [-0.1, -0.05) is 36.4 Å². The lowest BCUT2D eigenvalue weighted by atomic mass is 10.3. The molecule has 0 radical (unpaired) electrons. The monoisotopic (exact) mass is 295 g/mol. The molecule has 0 bridgehead atoms. The molecule has 4 heteroatoms. The summed E-state index contributed by atoms with van der Waals surface area (Å²) in [5.74, 6) is 0. The van der Waals surface area contributed by atoms with Gasteiger partial charge in [-0.05, 0) is 24.3 Å². The van der Waals surface area contributed by atoms with E-state index in [0.29, 0.717) is 0 Å². The fraction of sp³-hybridized carbons (Fsp3) is 0.118. The van der Waals surface area contributed by atoms with E-state index in [4.69, 9.17) is 0 Å². The Hall–Kier alpha value is -2.33. The Morgan fingerprint density at radius 1 is 0.762 bits per heavy atom. The average Bonchev–Trinajstić information content (AvgIpc) is 3.01. The number of hydrogen-bond acceptors (Lipinski definition) is 4. The zero-order valence-corrected chi connectivity index (χ0v) is 12.4. The van der Waals surface area contributed by atoms with E-state index in [0.717, 1.165) is 29.5 Å². The number of anilines is 2. The Bertz CT molecular complexity index is 607. The van der Waals surface area contributed by atoms with Gasteiger partial charge in [0.15, 0.2) is 0 Å². The maximum absolute atomic E-state index is 4.46. The lowest BCUT2D eigenvalue weighted by Crippen LogP contribution is -1.98. The van der Waals surface area contributed by atoms with Crippen molar-refractivity contribution in [2.45, 2.75) is 13.1 Å². The van der Waals surface area contributed by atoms with Gasteiger partial charge in [-0.2, -0.15) is 0 Å². The van der Waals surface area contributed by atoms with Gasteiger partial charge in [0.1, 0.15) is 5.01 Å². The van der Waals surface area contributed by atoms with Gasteiger partial charge in [-0.25, -0.2) is 4.98 Å². The topological polar surface area (TPSA) is 37.0 Å². The molecule has 0 aliphatic heterocycles. The van der Waals surface area contributed by atoms with Crippen molar-refractivity contribution >= 4 is 22.7 Å². The van der Waals surface area contributed by atoms with Crippen molar-refractivity contribution in [1.82, 2.24) is 4.98 Å². The maximum atomic E-state index is 4.46. The number of para-hydroxylation sites is 2. The molecular formula is C17H17N3S. The van der Waals surface area contributed by atoms with Crippen LogP contribution in [0.4, 0.5) is 11.4 Å². The largest absolute Gasteiger partial charge is 0.380 e. The van der Waals surface area contributed by atoms with Gasteiger partial charge in [0.25, 0.3) is 0 Å². The molecular weight excluding hydrogens is 278 g/mol. The zero-order valence-electron chi connectivity index (χ0n) is 11.6. The number of hydrogen-bond donors (Lipinski definition) is 2. The van der Waals surface area contributed by atoms with Crippen LogP contribution in [-0.2, 0) is 13.1 Å². The van der Waals surface area contributed by atoms with Crippen molar-refractivity contribution in [3.63, 3.8) is 0 Å². The van der Waals surface area contributed by atoms with E-state index in [1.54, 1.807) is 11.3 Å². The lowest BCUT2D eigenvalue weighted by Gasteiger charge is -2.04. The summed E-state index contributed by atoms with van der Waals surface area (Å²) in [5.41, 5.74) is 2.26. The number of nitrogens with one attached hydrogen (secondary N) is 2. The lowest BCUT2D eigenvalue weighted by molar-refractivity contribution is 1.10. The smallest absolute Gasteiger partial charge is 0.112 e. The third kappa shape index (κ3) is 4.07. The number of aromatic nitrogens is 1. The van der Waals surface area contributed by atoms with Crippen LogP contribution in [-0.4, -0.2) is 4.98 Å². The first-order valence-corrected chi connectivity index (χ1v) is 7.73. The van der Waals surface area contributed by atoms with Crippen LogP contribution < -0.4 is 10.6 Å². The molecule has 0 aliphatic rings. The van der Waals surface area contributed by atoms with E-state index in [9.17, 15) is 0 Å². The van der Waals surface area contributed by atoms with Crippen LogP contribution in [0.2, 0.25) is 0 Å². The standard InChI is InChI=1S/C17H17N3S/c1-3-7-14(8-4-1)18-11-16-12-20-17(21-16)13-19-15-9-5-2-6-10-15/h1-10,12,18-19H,11,13H2. The van der Waals surface area contributed by atoms with Gasteiger partial charge < -0.3 is 10.6 Å². The first-order valence-electron chi connectivity index (χ1n) is 6.91. The summed E-state index contributed by atoms with van der Waals surface area (Å²) in [6, 6.07) is 20.4. The van der Waals surface area contributed by atoms with Crippen LogP contribution in [0.5, 0.6) is 0 Å². The van der Waals surface area contributed by atoms with Crippen LogP contribution in [0, 0.1) is 0 Å². The molecule has 21 heavy (non-hydrogen) atoms. The van der Waals surface area contributed by atoms with E-state index in [2.05, 4.69) is 39.9 Å². The Morgan fingerprint density at radius 3 is 1.95 bits per heavy atom. The van der Waals surface area contributed by atoms with Crippen molar-refractivity contribution in [2.24, 2.45) is 0 Å². The van der Waals surface area contributed by atoms with Gasteiger partial charge >= 0.3 is 0 Å². The van der Waals surface area contributed by atoms with Crippen molar-refractivity contribution < 1.29 is 0 Å². The van der Waals surface area contributed by atoms with Crippen LogP contribution >= 0.6 is 11.3 Å². The number of rotatable bonds is 6. The van der Waals surface area contributed by atoms with Crippen molar-refractivity contribution in [3.8, 4) is 0 Å². The van der Waals surface area contributed by atoms with E-state index >= 15 is 0 Å². The summed E-state index contributed by atoms with van der Waals surface area (Å²) in [5, 5.41) is 7.87. The third-order valence-corrected chi connectivity index (χ3v) is 4.06. The summed E-state index contributed by atoms with van der Waals surface area (Å²) >= 11 is 1.74. The molecule has 2 aromatic carbocycles. The summed E-state index contributed by atoms with van der Waals surface area (Å²) < 4.78 is 0. The van der Waals surface area contributed by atoms with Gasteiger partial charge in [-0.3, -0.25) is 0 Å². The molecule has 3 aromatic rings. The first kappa shape index (κ1) is 13.6. The maximum Gasteiger partial charge on any atom is 0.112 e. The molecule has 1 aromatic heterocycles. The summed E-state index contributed by atoms with van der Waals surface area (Å²) in [7, 11) is 0. The molecule has 3 nitrogen and oxygen atoms in total. The molecule has 0 amide bonds. The van der Waals surface area contributed by atoms with E-state index in [1.165, 1.54) is 4.88 Å². The normalized spacial score (nSPS) is 10.3. The van der Waals surface area contributed by atoms with E-state index in [1.807, 2.05) is 42.6 Å². The summed E-state index contributed by atoms with van der Waals surface area (Å²) in [6.45, 7) is 1.58. The molecule has 0 spiro atoms. The van der Waals surface area contributed by atoms with Crippen molar-refractivity contribution in [3.05, 3.63) is 76.7 Å². The molecule has 106 valence electrons. The third-order valence-electron chi connectivity index (χ3n) is 3.06. The first-order chi connectivity index (χ1) is 10.4. The quantitative estimate of drug-likeness (QED) is 0.709. The molecule has 2 N–H and O–H groups in total. The average molecular weight is 295 g/mol. The molecule has 0 saturated carbocycles. The molecule has 0 unspecified atom stereocenters. The minimum absolute atomic E-state index is 0.764. The van der Waals surface area contributed by atoms with Gasteiger partial charge in [0.2, 0.25) is 0 Å². The van der Waals surface area contributed by atoms with Gasteiger partial charge in [-0.15, -0.1) is 11.3 Å². The van der Waals surface area contributed by atoms with Gasteiger partial charge in [0, 0.05) is 22.4 Å². The van der Waals surface area contributed by atoms with Gasteiger partial charge in [0.05, 0.1) is 13.1 Å². The molecule has 1 heterocycles. The predicted molar refractivity (Wildman–Crippen MR) is 89.7 cm³/mol.